The molecule has 0 saturated heterocycles. The molecule has 0 aliphatic heterocycles. The van der Waals surface area contributed by atoms with Crippen LogP contribution in [0.2, 0.25) is 0 Å². The number of sulfonamides is 1. The first kappa shape index (κ1) is 18.7. The molecule has 1 aliphatic rings. The predicted octanol–water partition coefficient (Wildman–Crippen LogP) is 1.79. The van der Waals surface area contributed by atoms with Crippen LogP contribution in [0.1, 0.15) is 19.3 Å². The van der Waals surface area contributed by atoms with Gasteiger partial charge in [0.25, 0.3) is 0 Å². The summed E-state index contributed by atoms with van der Waals surface area (Å²) in [6.07, 6.45) is 3.88. The van der Waals surface area contributed by atoms with E-state index in [1.165, 1.54) is 0 Å². The normalized spacial score (nSPS) is 21.0. The lowest BCUT2D eigenvalue weighted by atomic mass is 9.95. The summed E-state index contributed by atoms with van der Waals surface area (Å²) in [4.78, 5) is 12.4. The second-order valence-corrected chi connectivity index (χ2v) is 7.19. The van der Waals surface area contributed by atoms with Gasteiger partial charge in [-0.1, -0.05) is 18.6 Å². The standard InChI is InChI=1S/C14H21N3O3S.ClH/c1-21(19,20)17-13-8-3-2-7-12(13)16-14(18)11-6-4-5-10(11)9-15;/h2-3,7-8,10-11,17H,4-6,9,15H2,1H3,(H,16,18);1H/t10-,11-;/m1./s1. The Labute approximate surface area is 137 Å². The maximum atomic E-state index is 12.4. The van der Waals surface area contributed by atoms with Gasteiger partial charge in [0.2, 0.25) is 15.9 Å². The Kier molecular flexibility index (Phi) is 6.65. The lowest BCUT2D eigenvalue weighted by Gasteiger charge is -2.19. The molecule has 0 unspecified atom stereocenters. The van der Waals surface area contributed by atoms with Crippen molar-refractivity contribution in [3.63, 3.8) is 0 Å². The van der Waals surface area contributed by atoms with Gasteiger partial charge in [0.05, 0.1) is 17.6 Å². The van der Waals surface area contributed by atoms with E-state index in [4.69, 9.17) is 5.73 Å². The summed E-state index contributed by atoms with van der Waals surface area (Å²) in [5.74, 6) is 0.0204. The lowest BCUT2D eigenvalue weighted by molar-refractivity contribution is -0.120. The number of carbonyl (C=O) groups is 1. The number of rotatable bonds is 5. The Morgan fingerprint density at radius 2 is 1.91 bits per heavy atom. The van der Waals surface area contributed by atoms with Crippen molar-refractivity contribution in [3.05, 3.63) is 24.3 Å². The quantitative estimate of drug-likeness (QED) is 0.755. The van der Waals surface area contributed by atoms with Crippen LogP contribution >= 0.6 is 12.4 Å². The summed E-state index contributed by atoms with van der Waals surface area (Å²) >= 11 is 0. The third-order valence-electron chi connectivity index (χ3n) is 3.78. The van der Waals surface area contributed by atoms with Gasteiger partial charge in [0.15, 0.2) is 0 Å². The Morgan fingerprint density at radius 1 is 1.27 bits per heavy atom. The minimum Gasteiger partial charge on any atom is -0.330 e. The number of hydrogen-bond acceptors (Lipinski definition) is 4. The van der Waals surface area contributed by atoms with E-state index in [0.29, 0.717) is 17.9 Å². The van der Waals surface area contributed by atoms with Crippen LogP contribution in [-0.2, 0) is 14.8 Å². The van der Waals surface area contributed by atoms with Crippen LogP contribution in [0.15, 0.2) is 24.3 Å². The molecule has 124 valence electrons. The number of nitrogens with one attached hydrogen (secondary N) is 2. The van der Waals surface area contributed by atoms with Gasteiger partial charge in [-0.3, -0.25) is 9.52 Å². The van der Waals surface area contributed by atoms with E-state index in [9.17, 15) is 13.2 Å². The fourth-order valence-electron chi connectivity index (χ4n) is 2.77. The van der Waals surface area contributed by atoms with Gasteiger partial charge in [-0.05, 0) is 37.4 Å². The predicted molar refractivity (Wildman–Crippen MR) is 90.7 cm³/mol. The molecule has 4 N–H and O–H groups in total. The summed E-state index contributed by atoms with van der Waals surface area (Å²) in [5.41, 5.74) is 6.54. The minimum absolute atomic E-state index is 0. The Balaban J connectivity index is 0.00000242. The molecule has 0 spiro atoms. The molecule has 2 rings (SSSR count). The first-order valence-corrected chi connectivity index (χ1v) is 8.87. The van der Waals surface area contributed by atoms with Crippen molar-refractivity contribution in [2.24, 2.45) is 17.6 Å². The van der Waals surface area contributed by atoms with Gasteiger partial charge >= 0.3 is 0 Å². The number of carbonyl (C=O) groups excluding carboxylic acids is 1. The average Bonchev–Trinajstić information content (AvgIpc) is 2.87. The monoisotopic (exact) mass is 347 g/mol. The Bertz CT molecular complexity index is 622. The zero-order valence-corrected chi connectivity index (χ0v) is 14.0. The molecular weight excluding hydrogens is 326 g/mol. The molecule has 0 radical (unpaired) electrons. The van der Waals surface area contributed by atoms with Crippen LogP contribution in [0.5, 0.6) is 0 Å². The van der Waals surface area contributed by atoms with Gasteiger partial charge in [-0.2, -0.15) is 0 Å². The molecule has 2 atom stereocenters. The molecule has 8 heteroatoms. The maximum Gasteiger partial charge on any atom is 0.229 e. The van der Waals surface area contributed by atoms with Crippen molar-refractivity contribution in [3.8, 4) is 0 Å². The van der Waals surface area contributed by atoms with Crippen molar-refractivity contribution in [2.75, 3.05) is 22.8 Å². The third kappa shape index (κ3) is 4.86. The van der Waals surface area contributed by atoms with Crippen molar-refractivity contribution in [1.29, 1.82) is 0 Å². The molecule has 1 aromatic carbocycles. The summed E-state index contributed by atoms with van der Waals surface area (Å²) in [7, 11) is -3.39. The highest BCUT2D eigenvalue weighted by Crippen LogP contribution is 2.32. The first-order chi connectivity index (χ1) is 9.90. The molecule has 1 aromatic rings. The zero-order chi connectivity index (χ0) is 15.5. The largest absolute Gasteiger partial charge is 0.330 e. The van der Waals surface area contributed by atoms with Crippen LogP contribution in [0, 0.1) is 11.8 Å². The number of amides is 1. The molecule has 1 aliphatic carbocycles. The number of anilines is 2. The topological polar surface area (TPSA) is 101 Å². The van der Waals surface area contributed by atoms with E-state index in [0.717, 1.165) is 25.5 Å². The third-order valence-corrected chi connectivity index (χ3v) is 4.37. The van der Waals surface area contributed by atoms with E-state index in [1.807, 2.05) is 0 Å². The van der Waals surface area contributed by atoms with E-state index in [2.05, 4.69) is 10.0 Å². The van der Waals surface area contributed by atoms with Crippen LogP contribution in [0.3, 0.4) is 0 Å². The number of halogens is 1. The number of para-hydroxylation sites is 2. The van der Waals surface area contributed by atoms with Crippen molar-refractivity contribution < 1.29 is 13.2 Å². The van der Waals surface area contributed by atoms with E-state index >= 15 is 0 Å². The second-order valence-electron chi connectivity index (χ2n) is 5.44. The lowest BCUT2D eigenvalue weighted by Crippen LogP contribution is -2.30. The fourth-order valence-corrected chi connectivity index (χ4v) is 3.35. The molecule has 1 saturated carbocycles. The van der Waals surface area contributed by atoms with Gasteiger partial charge in [-0.25, -0.2) is 8.42 Å². The molecule has 6 nitrogen and oxygen atoms in total. The molecule has 22 heavy (non-hydrogen) atoms. The van der Waals surface area contributed by atoms with Crippen molar-refractivity contribution in [2.45, 2.75) is 19.3 Å². The molecular formula is C14H22ClN3O3S. The highest BCUT2D eigenvalue weighted by molar-refractivity contribution is 7.92. The molecule has 0 bridgehead atoms. The van der Waals surface area contributed by atoms with Crippen LogP contribution in [0.25, 0.3) is 0 Å². The highest BCUT2D eigenvalue weighted by Gasteiger charge is 2.32. The van der Waals surface area contributed by atoms with E-state index in [1.54, 1.807) is 24.3 Å². The molecule has 0 aromatic heterocycles. The average molecular weight is 348 g/mol. The maximum absolute atomic E-state index is 12.4. The van der Waals surface area contributed by atoms with E-state index in [-0.39, 0.29) is 30.2 Å². The molecule has 1 fully saturated rings. The van der Waals surface area contributed by atoms with Crippen LogP contribution in [0.4, 0.5) is 11.4 Å². The van der Waals surface area contributed by atoms with E-state index < -0.39 is 10.0 Å². The smallest absolute Gasteiger partial charge is 0.229 e. The van der Waals surface area contributed by atoms with Crippen molar-refractivity contribution >= 4 is 39.7 Å². The minimum atomic E-state index is -3.39. The van der Waals surface area contributed by atoms with Crippen LogP contribution in [-0.4, -0.2) is 27.1 Å². The van der Waals surface area contributed by atoms with Crippen molar-refractivity contribution in [1.82, 2.24) is 0 Å². The fraction of sp³-hybridized carbons (Fsp3) is 0.500. The summed E-state index contributed by atoms with van der Waals surface area (Å²) < 4.78 is 25.1. The van der Waals surface area contributed by atoms with Crippen LogP contribution < -0.4 is 15.8 Å². The number of hydrogen-bond donors (Lipinski definition) is 3. The summed E-state index contributed by atoms with van der Waals surface area (Å²) in [6.45, 7) is 0.501. The number of benzene rings is 1. The molecule has 1 amide bonds. The first-order valence-electron chi connectivity index (χ1n) is 6.98. The SMILES string of the molecule is CS(=O)(=O)Nc1ccccc1NC(=O)[C@@H]1CCC[C@@H]1CN.Cl. The Hall–Kier alpha value is -1.31. The highest BCUT2D eigenvalue weighted by atomic mass is 35.5. The summed E-state index contributed by atoms with van der Waals surface area (Å²) in [5, 5.41) is 2.82. The number of nitrogens with two attached hydrogens (primary N) is 1. The Morgan fingerprint density at radius 3 is 2.50 bits per heavy atom. The van der Waals surface area contributed by atoms with Gasteiger partial charge < -0.3 is 11.1 Å². The second kappa shape index (κ2) is 7.80. The van der Waals surface area contributed by atoms with Gasteiger partial charge in [0, 0.05) is 5.92 Å². The zero-order valence-electron chi connectivity index (χ0n) is 12.4. The summed E-state index contributed by atoms with van der Waals surface area (Å²) in [6, 6.07) is 6.75. The van der Waals surface area contributed by atoms with Gasteiger partial charge in [0.1, 0.15) is 0 Å². The van der Waals surface area contributed by atoms with Gasteiger partial charge in [-0.15, -0.1) is 12.4 Å². The molecule has 0 heterocycles.